The van der Waals surface area contributed by atoms with Gasteiger partial charge in [0.2, 0.25) is 0 Å². The monoisotopic (exact) mass is 227 g/mol. The first-order valence-electron chi connectivity index (χ1n) is 5.82. The SMILES string of the molecule is CC=C(CC)C(=O)OCCC1(C)NCCO1. The molecule has 0 radical (unpaired) electrons. The zero-order chi connectivity index (χ0) is 12.0. The summed E-state index contributed by atoms with van der Waals surface area (Å²) in [5.41, 5.74) is 0.397. The number of carbonyl (C=O) groups is 1. The molecule has 0 spiro atoms. The maximum absolute atomic E-state index is 11.5. The van der Waals surface area contributed by atoms with E-state index < -0.39 is 0 Å². The van der Waals surface area contributed by atoms with Gasteiger partial charge in [0, 0.05) is 18.5 Å². The lowest BCUT2D eigenvalue weighted by Crippen LogP contribution is -2.38. The maximum Gasteiger partial charge on any atom is 0.333 e. The van der Waals surface area contributed by atoms with Crippen LogP contribution in [0.2, 0.25) is 0 Å². The zero-order valence-electron chi connectivity index (χ0n) is 10.3. The van der Waals surface area contributed by atoms with Crippen LogP contribution in [0.5, 0.6) is 0 Å². The predicted octanol–water partition coefficient (Wildman–Crippen LogP) is 1.61. The Hall–Kier alpha value is -0.870. The van der Waals surface area contributed by atoms with Gasteiger partial charge >= 0.3 is 5.97 Å². The van der Waals surface area contributed by atoms with E-state index in [-0.39, 0.29) is 11.7 Å². The molecule has 1 aliphatic rings. The van der Waals surface area contributed by atoms with Crippen molar-refractivity contribution in [1.29, 1.82) is 0 Å². The summed E-state index contributed by atoms with van der Waals surface area (Å²) >= 11 is 0. The molecule has 4 heteroatoms. The lowest BCUT2D eigenvalue weighted by molar-refractivity contribution is -0.140. The number of esters is 1. The molecule has 1 rings (SSSR count). The number of carbonyl (C=O) groups excluding carboxylic acids is 1. The Labute approximate surface area is 97.0 Å². The van der Waals surface area contributed by atoms with E-state index in [9.17, 15) is 4.79 Å². The van der Waals surface area contributed by atoms with Gasteiger partial charge in [0.1, 0.15) is 5.72 Å². The molecule has 1 atom stereocenters. The molecule has 1 N–H and O–H groups in total. The Morgan fingerprint density at radius 2 is 2.38 bits per heavy atom. The van der Waals surface area contributed by atoms with Crippen LogP contribution in [0, 0.1) is 0 Å². The molecule has 1 aliphatic heterocycles. The van der Waals surface area contributed by atoms with Crippen molar-refractivity contribution in [3.05, 3.63) is 11.6 Å². The molecule has 92 valence electrons. The van der Waals surface area contributed by atoms with Gasteiger partial charge in [0.25, 0.3) is 0 Å². The molecule has 4 nitrogen and oxygen atoms in total. The second kappa shape index (κ2) is 6.01. The third-order valence-corrected chi connectivity index (χ3v) is 2.83. The van der Waals surface area contributed by atoms with Crippen molar-refractivity contribution in [2.75, 3.05) is 19.8 Å². The first-order valence-corrected chi connectivity index (χ1v) is 5.82. The second-order valence-electron chi connectivity index (χ2n) is 4.06. The van der Waals surface area contributed by atoms with Gasteiger partial charge in [-0.15, -0.1) is 0 Å². The summed E-state index contributed by atoms with van der Waals surface area (Å²) in [6.45, 7) is 7.74. The molecule has 1 fully saturated rings. The average Bonchev–Trinajstić information content (AvgIpc) is 2.67. The second-order valence-corrected chi connectivity index (χ2v) is 4.06. The van der Waals surface area contributed by atoms with Crippen LogP contribution in [-0.2, 0) is 14.3 Å². The van der Waals surface area contributed by atoms with E-state index in [2.05, 4.69) is 5.32 Å². The van der Waals surface area contributed by atoms with Crippen molar-refractivity contribution in [3.63, 3.8) is 0 Å². The lowest BCUT2D eigenvalue weighted by atomic mass is 10.2. The highest BCUT2D eigenvalue weighted by Gasteiger charge is 2.29. The minimum absolute atomic E-state index is 0.216. The van der Waals surface area contributed by atoms with Gasteiger partial charge < -0.3 is 9.47 Å². The smallest absolute Gasteiger partial charge is 0.333 e. The van der Waals surface area contributed by atoms with Crippen molar-refractivity contribution in [2.45, 2.75) is 39.3 Å². The largest absolute Gasteiger partial charge is 0.462 e. The maximum atomic E-state index is 11.5. The van der Waals surface area contributed by atoms with E-state index in [1.165, 1.54) is 0 Å². The van der Waals surface area contributed by atoms with Crippen LogP contribution in [0.25, 0.3) is 0 Å². The Kier molecular flexibility index (Phi) is 4.96. The van der Waals surface area contributed by atoms with Crippen LogP contribution in [0.15, 0.2) is 11.6 Å². The fourth-order valence-electron chi connectivity index (χ4n) is 1.70. The van der Waals surface area contributed by atoms with Crippen LogP contribution in [0.4, 0.5) is 0 Å². The van der Waals surface area contributed by atoms with Gasteiger partial charge in [-0.05, 0) is 20.3 Å². The van der Waals surface area contributed by atoms with Gasteiger partial charge in [-0.25, -0.2) is 4.79 Å². The van der Waals surface area contributed by atoms with Crippen LogP contribution in [0.3, 0.4) is 0 Å². The molecular formula is C12H21NO3. The van der Waals surface area contributed by atoms with Crippen molar-refractivity contribution in [2.24, 2.45) is 0 Å². The summed E-state index contributed by atoms with van der Waals surface area (Å²) in [7, 11) is 0. The molecule has 0 aromatic carbocycles. The first kappa shape index (κ1) is 13.2. The summed E-state index contributed by atoms with van der Waals surface area (Å²) in [5.74, 6) is -0.216. The Balaban J connectivity index is 2.27. The molecule has 1 heterocycles. The summed E-state index contributed by atoms with van der Waals surface area (Å²) < 4.78 is 10.7. The van der Waals surface area contributed by atoms with Gasteiger partial charge in [0.05, 0.1) is 13.2 Å². The Morgan fingerprint density at radius 1 is 1.62 bits per heavy atom. The van der Waals surface area contributed by atoms with Crippen LogP contribution >= 0.6 is 0 Å². The molecule has 0 aliphatic carbocycles. The summed E-state index contributed by atoms with van der Waals surface area (Å²) in [5, 5.41) is 3.24. The highest BCUT2D eigenvalue weighted by molar-refractivity contribution is 5.88. The number of rotatable bonds is 5. The van der Waals surface area contributed by atoms with Crippen LogP contribution in [-0.4, -0.2) is 31.5 Å². The molecule has 0 bridgehead atoms. The standard InChI is InChI=1S/C12H21NO3/c1-4-10(5-2)11(14)15-8-6-12(3)13-7-9-16-12/h4,13H,5-9H2,1-3H3. The third-order valence-electron chi connectivity index (χ3n) is 2.83. The number of nitrogens with one attached hydrogen (secondary N) is 1. The van der Waals surface area contributed by atoms with E-state index >= 15 is 0 Å². The van der Waals surface area contributed by atoms with Gasteiger partial charge in [0.15, 0.2) is 0 Å². The average molecular weight is 227 g/mol. The number of allylic oxidation sites excluding steroid dienone is 1. The highest BCUT2D eigenvalue weighted by Crippen LogP contribution is 2.16. The Bertz CT molecular complexity index is 267. The Morgan fingerprint density at radius 3 is 2.88 bits per heavy atom. The minimum atomic E-state index is -0.331. The van der Waals surface area contributed by atoms with Crippen molar-refractivity contribution >= 4 is 5.97 Å². The zero-order valence-corrected chi connectivity index (χ0v) is 10.3. The molecule has 16 heavy (non-hydrogen) atoms. The molecule has 0 aromatic rings. The fraction of sp³-hybridized carbons (Fsp3) is 0.750. The predicted molar refractivity (Wildman–Crippen MR) is 62.0 cm³/mol. The van der Waals surface area contributed by atoms with Gasteiger partial charge in [-0.2, -0.15) is 0 Å². The molecule has 1 saturated heterocycles. The normalized spacial score (nSPS) is 25.8. The topological polar surface area (TPSA) is 47.6 Å². The van der Waals surface area contributed by atoms with E-state index in [0.29, 0.717) is 19.4 Å². The summed E-state index contributed by atoms with van der Waals surface area (Å²) in [6, 6.07) is 0. The lowest BCUT2D eigenvalue weighted by Gasteiger charge is -2.23. The molecular weight excluding hydrogens is 206 g/mol. The number of hydrogen-bond donors (Lipinski definition) is 1. The van der Waals surface area contributed by atoms with Crippen molar-refractivity contribution in [1.82, 2.24) is 5.32 Å². The van der Waals surface area contributed by atoms with Crippen LogP contribution < -0.4 is 5.32 Å². The minimum Gasteiger partial charge on any atom is -0.462 e. The third kappa shape index (κ3) is 3.61. The molecule has 0 saturated carbocycles. The van der Waals surface area contributed by atoms with Gasteiger partial charge in [-0.3, -0.25) is 5.32 Å². The first-order chi connectivity index (χ1) is 7.61. The molecule has 0 aromatic heterocycles. The number of hydrogen-bond acceptors (Lipinski definition) is 4. The van der Waals surface area contributed by atoms with E-state index in [0.717, 1.165) is 18.7 Å². The van der Waals surface area contributed by atoms with Crippen molar-refractivity contribution in [3.8, 4) is 0 Å². The highest BCUT2D eigenvalue weighted by atomic mass is 16.5. The van der Waals surface area contributed by atoms with E-state index in [1.54, 1.807) is 6.08 Å². The van der Waals surface area contributed by atoms with E-state index in [1.807, 2.05) is 20.8 Å². The van der Waals surface area contributed by atoms with Crippen LogP contribution in [0.1, 0.15) is 33.6 Å². The van der Waals surface area contributed by atoms with Crippen molar-refractivity contribution < 1.29 is 14.3 Å². The van der Waals surface area contributed by atoms with E-state index in [4.69, 9.17) is 9.47 Å². The quantitative estimate of drug-likeness (QED) is 0.572. The van der Waals surface area contributed by atoms with Gasteiger partial charge in [-0.1, -0.05) is 13.0 Å². The summed E-state index contributed by atoms with van der Waals surface area (Å²) in [6.07, 6.45) is 3.19. The fourth-order valence-corrected chi connectivity index (χ4v) is 1.70. The molecule has 0 amide bonds. The number of ether oxygens (including phenoxy) is 2. The molecule has 1 unspecified atom stereocenters. The summed E-state index contributed by atoms with van der Waals surface area (Å²) in [4.78, 5) is 11.5.